The molecule has 0 aromatic heterocycles. The van der Waals surface area contributed by atoms with Gasteiger partial charge in [0.1, 0.15) is 0 Å². The first-order valence-corrected chi connectivity index (χ1v) is 9.53. The van der Waals surface area contributed by atoms with E-state index in [-0.39, 0.29) is 11.8 Å². The monoisotopic (exact) mass is 381 g/mol. The van der Waals surface area contributed by atoms with Gasteiger partial charge in [-0.05, 0) is 49.6 Å². The number of hydrogen-bond acceptors (Lipinski definition) is 2. The number of benzene rings is 2. The van der Waals surface area contributed by atoms with Crippen molar-refractivity contribution in [3.63, 3.8) is 0 Å². The molecule has 0 radical (unpaired) electrons. The van der Waals surface area contributed by atoms with Crippen molar-refractivity contribution in [2.24, 2.45) is 0 Å². The molecule has 0 unspecified atom stereocenters. The van der Waals surface area contributed by atoms with Gasteiger partial charge in [0, 0.05) is 10.5 Å². The molecule has 0 fully saturated rings. The Balaban J connectivity index is 2.14. The molecule has 0 heterocycles. The summed E-state index contributed by atoms with van der Waals surface area (Å²) in [5, 5.41) is 0. The number of halogens is 1. The van der Waals surface area contributed by atoms with Gasteiger partial charge in [0.05, 0.1) is 5.75 Å². The molecule has 0 spiro atoms. The summed E-state index contributed by atoms with van der Waals surface area (Å²) in [6.07, 6.45) is 0. The molecule has 22 heavy (non-hydrogen) atoms. The lowest BCUT2D eigenvalue weighted by molar-refractivity contribution is 0.565. The number of hydrogen-bond donors (Lipinski definition) is 1. The van der Waals surface area contributed by atoms with Crippen molar-refractivity contribution in [1.29, 1.82) is 0 Å². The molecule has 1 N–H and O–H groups in total. The molecule has 0 amide bonds. The maximum atomic E-state index is 12.3. The van der Waals surface area contributed by atoms with Gasteiger partial charge in [0.15, 0.2) is 0 Å². The molecule has 0 saturated carbocycles. The zero-order valence-electron chi connectivity index (χ0n) is 12.9. The van der Waals surface area contributed by atoms with E-state index in [1.54, 1.807) is 0 Å². The topological polar surface area (TPSA) is 46.2 Å². The maximum Gasteiger partial charge on any atom is 0.216 e. The highest BCUT2D eigenvalue weighted by Crippen LogP contribution is 2.20. The number of aryl methyl sites for hydroxylation is 2. The summed E-state index contributed by atoms with van der Waals surface area (Å²) in [7, 11) is -3.39. The fourth-order valence-electron chi connectivity index (χ4n) is 2.40. The van der Waals surface area contributed by atoms with Gasteiger partial charge in [-0.1, -0.05) is 51.8 Å². The standard InChI is InChI=1S/C17H20BrNO2S/c1-12-4-5-13(2)17(10-12)14(3)19-22(20,21)11-15-6-8-16(18)9-7-15/h4-10,14,19H,11H2,1-3H3/t14-/m0/s1. The van der Waals surface area contributed by atoms with E-state index in [9.17, 15) is 8.42 Å². The Labute approximate surface area is 140 Å². The second-order valence-electron chi connectivity index (χ2n) is 5.59. The van der Waals surface area contributed by atoms with Gasteiger partial charge in [-0.25, -0.2) is 13.1 Å². The van der Waals surface area contributed by atoms with Gasteiger partial charge in [-0.15, -0.1) is 0 Å². The molecule has 0 saturated heterocycles. The predicted molar refractivity (Wildman–Crippen MR) is 94.2 cm³/mol. The maximum absolute atomic E-state index is 12.3. The van der Waals surface area contributed by atoms with E-state index in [4.69, 9.17) is 0 Å². The van der Waals surface area contributed by atoms with Crippen LogP contribution in [0.3, 0.4) is 0 Å². The second-order valence-corrected chi connectivity index (χ2v) is 8.25. The highest BCUT2D eigenvalue weighted by Gasteiger charge is 2.17. The Kier molecular flexibility index (Phi) is 5.42. The lowest BCUT2D eigenvalue weighted by Crippen LogP contribution is -2.28. The SMILES string of the molecule is Cc1ccc(C)c([C@H](C)NS(=O)(=O)Cc2ccc(Br)cc2)c1. The molecule has 0 bridgehead atoms. The number of sulfonamides is 1. The van der Waals surface area contributed by atoms with E-state index in [2.05, 4.69) is 20.7 Å². The van der Waals surface area contributed by atoms with E-state index < -0.39 is 10.0 Å². The molecule has 118 valence electrons. The predicted octanol–water partition coefficient (Wildman–Crippen LogP) is 4.25. The molecule has 3 nitrogen and oxygen atoms in total. The van der Waals surface area contributed by atoms with Gasteiger partial charge in [0.2, 0.25) is 10.0 Å². The quantitative estimate of drug-likeness (QED) is 0.841. The lowest BCUT2D eigenvalue weighted by Gasteiger charge is -2.17. The zero-order valence-corrected chi connectivity index (χ0v) is 15.3. The fourth-order valence-corrected chi connectivity index (χ4v) is 4.05. The Bertz CT molecular complexity index is 755. The summed E-state index contributed by atoms with van der Waals surface area (Å²) in [4.78, 5) is 0. The Morgan fingerprint density at radius 2 is 1.73 bits per heavy atom. The number of rotatable bonds is 5. The number of nitrogens with one attached hydrogen (secondary N) is 1. The van der Waals surface area contributed by atoms with Crippen LogP contribution in [0.15, 0.2) is 46.9 Å². The van der Waals surface area contributed by atoms with E-state index in [1.165, 1.54) is 0 Å². The van der Waals surface area contributed by atoms with E-state index in [1.807, 2.05) is 63.2 Å². The van der Waals surface area contributed by atoms with Crippen LogP contribution in [0.4, 0.5) is 0 Å². The van der Waals surface area contributed by atoms with Gasteiger partial charge in [-0.2, -0.15) is 0 Å². The minimum atomic E-state index is -3.39. The van der Waals surface area contributed by atoms with Gasteiger partial charge >= 0.3 is 0 Å². The van der Waals surface area contributed by atoms with Crippen molar-refractivity contribution in [3.8, 4) is 0 Å². The molecular formula is C17H20BrNO2S. The third-order valence-corrected chi connectivity index (χ3v) is 5.48. The van der Waals surface area contributed by atoms with Gasteiger partial charge < -0.3 is 0 Å². The molecule has 0 aliphatic rings. The highest BCUT2D eigenvalue weighted by atomic mass is 79.9. The molecule has 1 atom stereocenters. The van der Waals surface area contributed by atoms with Crippen LogP contribution in [0.1, 0.15) is 35.2 Å². The van der Waals surface area contributed by atoms with Crippen LogP contribution in [-0.2, 0) is 15.8 Å². The minimum Gasteiger partial charge on any atom is -0.212 e. The Morgan fingerprint density at radius 1 is 1.09 bits per heavy atom. The molecule has 0 aliphatic carbocycles. The normalized spacial score (nSPS) is 13.1. The highest BCUT2D eigenvalue weighted by molar-refractivity contribution is 9.10. The second kappa shape index (κ2) is 6.94. The van der Waals surface area contributed by atoms with E-state index in [0.717, 1.165) is 26.7 Å². The average Bonchev–Trinajstić information content (AvgIpc) is 2.43. The first kappa shape index (κ1) is 17.2. The van der Waals surface area contributed by atoms with E-state index in [0.29, 0.717) is 0 Å². The van der Waals surface area contributed by atoms with Crippen molar-refractivity contribution >= 4 is 26.0 Å². The third-order valence-electron chi connectivity index (χ3n) is 3.53. The smallest absolute Gasteiger partial charge is 0.212 e. The Hall–Kier alpha value is -1.17. The Morgan fingerprint density at radius 3 is 2.36 bits per heavy atom. The van der Waals surface area contributed by atoms with Crippen molar-refractivity contribution in [2.45, 2.75) is 32.6 Å². The first-order chi connectivity index (χ1) is 10.3. The summed E-state index contributed by atoms with van der Waals surface area (Å²) >= 11 is 3.35. The van der Waals surface area contributed by atoms with Crippen LogP contribution in [0.25, 0.3) is 0 Å². The fraction of sp³-hybridized carbons (Fsp3) is 0.294. The van der Waals surface area contributed by atoms with Crippen LogP contribution in [0.5, 0.6) is 0 Å². The van der Waals surface area contributed by atoms with Crippen LogP contribution < -0.4 is 4.72 Å². The average molecular weight is 382 g/mol. The molecule has 2 rings (SSSR count). The van der Waals surface area contributed by atoms with Crippen LogP contribution in [-0.4, -0.2) is 8.42 Å². The summed E-state index contributed by atoms with van der Waals surface area (Å²) in [5.41, 5.74) is 3.99. The van der Waals surface area contributed by atoms with E-state index >= 15 is 0 Å². The van der Waals surface area contributed by atoms with Crippen molar-refractivity contribution < 1.29 is 8.42 Å². The van der Waals surface area contributed by atoms with Crippen LogP contribution >= 0.6 is 15.9 Å². The summed E-state index contributed by atoms with van der Waals surface area (Å²) < 4.78 is 28.4. The molecule has 0 aliphatic heterocycles. The molecule has 5 heteroatoms. The molecule has 2 aromatic rings. The van der Waals surface area contributed by atoms with Gasteiger partial charge in [0.25, 0.3) is 0 Å². The van der Waals surface area contributed by atoms with Crippen molar-refractivity contribution in [2.75, 3.05) is 0 Å². The lowest BCUT2D eigenvalue weighted by atomic mass is 10.0. The van der Waals surface area contributed by atoms with Gasteiger partial charge in [-0.3, -0.25) is 0 Å². The first-order valence-electron chi connectivity index (χ1n) is 7.08. The molecule has 2 aromatic carbocycles. The summed E-state index contributed by atoms with van der Waals surface area (Å²) in [6, 6.07) is 13.1. The third kappa shape index (κ3) is 4.66. The largest absolute Gasteiger partial charge is 0.216 e. The van der Waals surface area contributed by atoms with Crippen LogP contribution in [0, 0.1) is 13.8 Å². The molecular weight excluding hydrogens is 362 g/mol. The summed E-state index contributed by atoms with van der Waals surface area (Å²) in [5.74, 6) is -0.0184. The minimum absolute atomic E-state index is 0.0184. The summed E-state index contributed by atoms with van der Waals surface area (Å²) in [6.45, 7) is 5.88. The van der Waals surface area contributed by atoms with Crippen molar-refractivity contribution in [3.05, 3.63) is 69.2 Å². The van der Waals surface area contributed by atoms with Crippen molar-refractivity contribution in [1.82, 2.24) is 4.72 Å². The van der Waals surface area contributed by atoms with Crippen LogP contribution in [0.2, 0.25) is 0 Å². The zero-order chi connectivity index (χ0) is 16.3.